The van der Waals surface area contributed by atoms with E-state index in [2.05, 4.69) is 16.0 Å². The Balaban J connectivity index is 1.49. The summed E-state index contributed by atoms with van der Waals surface area (Å²) in [4.78, 5) is 51.5. The van der Waals surface area contributed by atoms with Crippen LogP contribution in [-0.4, -0.2) is 66.7 Å². The predicted molar refractivity (Wildman–Crippen MR) is 119 cm³/mol. The molecular weight excluding hydrogens is 444 g/mol. The van der Waals surface area contributed by atoms with E-state index in [4.69, 9.17) is 20.9 Å². The number of carbonyl (C=O) groups excluding carboxylic acids is 4. The number of methoxy groups -OCH3 is 1. The second-order valence-corrected chi connectivity index (χ2v) is 8.61. The van der Waals surface area contributed by atoms with Gasteiger partial charge in [-0.1, -0.05) is 0 Å². The van der Waals surface area contributed by atoms with Crippen molar-refractivity contribution in [3.05, 3.63) is 46.8 Å². The number of nitrogens with zero attached hydrogens (tertiary/aromatic N) is 1. The number of ether oxygens (including phenoxy) is 2. The molecule has 2 saturated heterocycles. The maximum Gasteiger partial charge on any atom is 0.404 e. The topological polar surface area (TPSA) is 188 Å². The molecule has 0 bridgehead atoms. The summed E-state index contributed by atoms with van der Waals surface area (Å²) in [6.45, 7) is 1.88. The van der Waals surface area contributed by atoms with E-state index in [9.17, 15) is 19.2 Å². The molecule has 1 aromatic carbocycles. The summed E-state index contributed by atoms with van der Waals surface area (Å²) in [5, 5.41) is 8.80. The lowest BCUT2D eigenvalue weighted by Crippen LogP contribution is -2.55. The number of hydrogen-bond donors (Lipinski definition) is 5. The summed E-state index contributed by atoms with van der Waals surface area (Å²) in [7, 11) is 1.52. The number of rotatable bonds is 6. The summed E-state index contributed by atoms with van der Waals surface area (Å²) >= 11 is 0. The average Bonchev–Trinajstić information content (AvgIpc) is 3.40. The number of allylic oxidation sites excluding steroid dienone is 2. The molecule has 1 unspecified atom stereocenters. The van der Waals surface area contributed by atoms with E-state index >= 15 is 0 Å². The zero-order valence-corrected chi connectivity index (χ0v) is 18.5. The van der Waals surface area contributed by atoms with E-state index < -0.39 is 23.8 Å². The van der Waals surface area contributed by atoms with Crippen LogP contribution in [0.3, 0.4) is 0 Å². The zero-order chi connectivity index (χ0) is 24.4. The summed E-state index contributed by atoms with van der Waals surface area (Å²) in [5.41, 5.74) is 11.2. The lowest BCUT2D eigenvalue weighted by atomic mass is 9.82. The third-order valence-corrected chi connectivity index (χ3v) is 6.85. The Morgan fingerprint density at radius 3 is 2.47 bits per heavy atom. The third-order valence-electron chi connectivity index (χ3n) is 6.85. The van der Waals surface area contributed by atoms with Crippen molar-refractivity contribution in [2.75, 3.05) is 30.9 Å². The number of ketones is 2. The molecular formula is C22H24N6O6. The second-order valence-electron chi connectivity index (χ2n) is 8.61. The highest BCUT2D eigenvalue weighted by atomic mass is 16.6. The molecule has 1 aliphatic carbocycles. The number of piperazine rings is 1. The normalized spacial score (nSPS) is 29.0. The van der Waals surface area contributed by atoms with Crippen LogP contribution in [0.25, 0.3) is 0 Å². The molecule has 5 rings (SSSR count). The van der Waals surface area contributed by atoms with Crippen molar-refractivity contribution in [1.82, 2.24) is 10.2 Å². The molecule has 3 heterocycles. The van der Waals surface area contributed by atoms with Gasteiger partial charge in [-0.15, -0.1) is 0 Å². The lowest BCUT2D eigenvalue weighted by molar-refractivity contribution is -0.137. The average molecular weight is 468 g/mol. The smallest absolute Gasteiger partial charge is 0.404 e. The molecule has 2 fully saturated rings. The fourth-order valence-corrected chi connectivity index (χ4v) is 5.36. The molecule has 3 amide bonds. The second kappa shape index (κ2) is 7.57. The van der Waals surface area contributed by atoms with Gasteiger partial charge in [-0.3, -0.25) is 9.59 Å². The number of Topliss-reactive ketones (excluding diaryl/α,β-unsaturated/α-hetero) is 2. The van der Waals surface area contributed by atoms with Crippen molar-refractivity contribution in [3.8, 4) is 0 Å². The molecule has 0 spiro atoms. The summed E-state index contributed by atoms with van der Waals surface area (Å²) < 4.78 is 11.1. The number of urea groups is 1. The highest BCUT2D eigenvalue weighted by Gasteiger charge is 2.72. The Hall–Kier alpha value is -3.90. The molecule has 4 aliphatic rings. The van der Waals surface area contributed by atoms with Gasteiger partial charge in [0.2, 0.25) is 11.6 Å². The quantitative estimate of drug-likeness (QED) is 0.282. The van der Waals surface area contributed by atoms with Gasteiger partial charge in [-0.25, -0.2) is 9.59 Å². The SMILES string of the molecule is COC12[C@@H]3N[C@@H]3CN1C1=C(C(=O)C(Nc3ccc(NC(N)=O)cc3)=C(C)C1=O)[C@@H]2COC(N)=O. The van der Waals surface area contributed by atoms with E-state index in [0.29, 0.717) is 17.9 Å². The van der Waals surface area contributed by atoms with Crippen molar-refractivity contribution < 1.29 is 28.7 Å². The minimum absolute atomic E-state index is 0.115. The Morgan fingerprint density at radius 1 is 1.18 bits per heavy atom. The Kier molecular flexibility index (Phi) is 4.88. The van der Waals surface area contributed by atoms with Crippen LogP contribution in [0.1, 0.15) is 6.92 Å². The fraction of sp³-hybridized carbons (Fsp3) is 0.364. The van der Waals surface area contributed by atoms with Crippen molar-refractivity contribution in [2.45, 2.75) is 24.7 Å². The van der Waals surface area contributed by atoms with Crippen molar-refractivity contribution in [2.24, 2.45) is 17.4 Å². The number of carbonyl (C=O) groups is 4. The Labute approximate surface area is 194 Å². The third kappa shape index (κ3) is 3.06. The number of nitrogens with two attached hydrogens (primary N) is 2. The van der Waals surface area contributed by atoms with E-state index in [1.165, 1.54) is 7.11 Å². The van der Waals surface area contributed by atoms with E-state index in [1.807, 2.05) is 4.90 Å². The minimum Gasteiger partial charge on any atom is -0.449 e. The van der Waals surface area contributed by atoms with Crippen LogP contribution in [0.4, 0.5) is 21.0 Å². The summed E-state index contributed by atoms with van der Waals surface area (Å²) in [5.74, 6) is -1.39. The van der Waals surface area contributed by atoms with Gasteiger partial charge < -0.3 is 41.8 Å². The van der Waals surface area contributed by atoms with Crippen molar-refractivity contribution in [1.29, 1.82) is 0 Å². The summed E-state index contributed by atoms with van der Waals surface area (Å²) in [6, 6.07) is 5.80. The van der Waals surface area contributed by atoms with Gasteiger partial charge in [0, 0.05) is 42.2 Å². The van der Waals surface area contributed by atoms with Crippen LogP contribution in [-0.2, 0) is 19.1 Å². The van der Waals surface area contributed by atoms with Gasteiger partial charge in [0.25, 0.3) is 0 Å². The molecule has 1 aromatic rings. The number of primary amides is 2. The van der Waals surface area contributed by atoms with Crippen LogP contribution in [0, 0.1) is 5.92 Å². The Bertz CT molecular complexity index is 1190. The largest absolute Gasteiger partial charge is 0.449 e. The first-order valence-electron chi connectivity index (χ1n) is 10.7. The fourth-order valence-electron chi connectivity index (χ4n) is 5.36. The van der Waals surface area contributed by atoms with Gasteiger partial charge in [-0.05, 0) is 31.2 Å². The number of amides is 3. The molecule has 0 radical (unpaired) electrons. The number of anilines is 2. The van der Waals surface area contributed by atoms with Gasteiger partial charge in [0.15, 0.2) is 5.72 Å². The first kappa shape index (κ1) is 21.9. The standard InChI is InChI=1S/C22H24N6O6/c1-9-15(25-10-3-5-11(6-4-10)26-20(23)31)18(30)14-12(8-34-21(24)32)22(33-2)19-13(27-19)7-28(22)16(14)17(9)29/h3-6,12-13,19,25,27H,7-8H2,1-2H3,(H2,24,32)(H3,23,26,31)/t12-,13+,19+,22?/m0/s1. The van der Waals surface area contributed by atoms with Crippen LogP contribution >= 0.6 is 0 Å². The van der Waals surface area contributed by atoms with E-state index in [-0.39, 0.29) is 52.8 Å². The zero-order valence-electron chi connectivity index (χ0n) is 18.5. The molecule has 3 aliphatic heterocycles. The van der Waals surface area contributed by atoms with E-state index in [1.54, 1.807) is 31.2 Å². The predicted octanol–water partition coefficient (Wildman–Crippen LogP) is -0.00720. The maximum absolute atomic E-state index is 13.8. The molecule has 178 valence electrons. The molecule has 0 saturated carbocycles. The number of fused-ring (bicyclic) bond motifs is 4. The summed E-state index contributed by atoms with van der Waals surface area (Å²) in [6.07, 6.45) is -0.977. The molecule has 34 heavy (non-hydrogen) atoms. The van der Waals surface area contributed by atoms with E-state index in [0.717, 1.165) is 0 Å². The molecule has 4 atom stereocenters. The van der Waals surface area contributed by atoms with Crippen LogP contribution in [0.2, 0.25) is 0 Å². The molecule has 7 N–H and O–H groups in total. The lowest BCUT2D eigenvalue weighted by Gasteiger charge is -2.39. The van der Waals surface area contributed by atoms with Crippen LogP contribution < -0.4 is 27.4 Å². The number of hydrogen-bond acceptors (Lipinski definition) is 9. The molecule has 12 nitrogen and oxygen atoms in total. The number of benzene rings is 1. The van der Waals surface area contributed by atoms with Gasteiger partial charge in [-0.2, -0.15) is 0 Å². The van der Waals surface area contributed by atoms with Crippen LogP contribution in [0.15, 0.2) is 46.8 Å². The van der Waals surface area contributed by atoms with Crippen LogP contribution in [0.5, 0.6) is 0 Å². The van der Waals surface area contributed by atoms with Crippen molar-refractivity contribution >= 4 is 35.1 Å². The van der Waals surface area contributed by atoms with Crippen molar-refractivity contribution in [3.63, 3.8) is 0 Å². The maximum atomic E-state index is 13.8. The molecule has 12 heteroatoms. The highest BCUT2D eigenvalue weighted by molar-refractivity contribution is 6.26. The number of nitrogens with one attached hydrogen (secondary N) is 3. The minimum atomic E-state index is -1.03. The van der Waals surface area contributed by atoms with Gasteiger partial charge in [0.1, 0.15) is 6.61 Å². The monoisotopic (exact) mass is 468 g/mol. The first-order chi connectivity index (χ1) is 16.2. The first-order valence-corrected chi connectivity index (χ1v) is 10.7. The highest BCUT2D eigenvalue weighted by Crippen LogP contribution is 2.55. The molecule has 0 aromatic heterocycles. The Morgan fingerprint density at radius 2 is 1.85 bits per heavy atom. The van der Waals surface area contributed by atoms with Gasteiger partial charge in [0.05, 0.1) is 23.4 Å². The van der Waals surface area contributed by atoms with Gasteiger partial charge >= 0.3 is 12.1 Å².